The van der Waals surface area contributed by atoms with Crippen LogP contribution in [0.3, 0.4) is 0 Å². The zero-order valence-corrected chi connectivity index (χ0v) is 19.4. The lowest BCUT2D eigenvalue weighted by molar-refractivity contribution is 0.0908. The number of ketones is 1. The summed E-state index contributed by atoms with van der Waals surface area (Å²) in [5.74, 6) is 0.362. The first-order valence-corrected chi connectivity index (χ1v) is 13.2. The molecule has 1 spiro atoms. The summed E-state index contributed by atoms with van der Waals surface area (Å²) < 4.78 is 25.9. The molecule has 32 heavy (non-hydrogen) atoms. The van der Waals surface area contributed by atoms with Crippen molar-refractivity contribution in [2.75, 3.05) is 37.3 Å². The minimum atomic E-state index is -3.67. The van der Waals surface area contributed by atoms with Gasteiger partial charge in [-0.05, 0) is 43.4 Å². The molecule has 1 aliphatic heterocycles. The summed E-state index contributed by atoms with van der Waals surface area (Å²) >= 11 is 0. The van der Waals surface area contributed by atoms with Crippen molar-refractivity contribution in [3.05, 3.63) is 65.7 Å². The molecule has 1 saturated carbocycles. The van der Waals surface area contributed by atoms with Crippen LogP contribution in [-0.2, 0) is 15.5 Å². The van der Waals surface area contributed by atoms with Gasteiger partial charge < -0.3 is 4.90 Å². The quantitative estimate of drug-likeness (QED) is 0.693. The standard InChI is InChI=1S/C24H28N2O.CH4O3S/c27-23-18-24(22-9-5-4-8-21(22)23)12-10-20(11-13-24)26-16-14-25(15-17-26)19-6-2-1-3-7-19;1-5(2,3)4/h1-9,20H,10-18H2;1H3,(H,2,3,4)/t20-,24-;. The van der Waals surface area contributed by atoms with Crippen molar-refractivity contribution in [2.45, 2.75) is 43.6 Å². The number of piperazine rings is 1. The maximum absolute atomic E-state index is 12.5. The van der Waals surface area contributed by atoms with Crippen molar-refractivity contribution in [3.63, 3.8) is 0 Å². The molecule has 0 amide bonds. The Kier molecular flexibility index (Phi) is 6.70. The van der Waals surface area contributed by atoms with Gasteiger partial charge in [0.2, 0.25) is 0 Å². The number of carbonyl (C=O) groups excluding carboxylic acids is 1. The molecule has 0 aromatic heterocycles. The number of rotatable bonds is 2. The number of nitrogens with zero attached hydrogens (tertiary/aromatic N) is 2. The van der Waals surface area contributed by atoms with Gasteiger partial charge in [-0.1, -0.05) is 42.5 Å². The van der Waals surface area contributed by atoms with Crippen LogP contribution in [0.15, 0.2) is 54.6 Å². The SMILES string of the molecule is CS(=O)(=O)O.O=C1C[C@]2(CC[C@@H](N3CCN(c4ccccc4)CC3)CC2)c2ccccc21. The molecule has 172 valence electrons. The Morgan fingerprint density at radius 2 is 1.47 bits per heavy atom. The first kappa shape index (κ1) is 23.0. The summed E-state index contributed by atoms with van der Waals surface area (Å²) in [7, 11) is -3.67. The van der Waals surface area contributed by atoms with Crippen LogP contribution in [0, 0.1) is 0 Å². The molecule has 0 atom stereocenters. The van der Waals surface area contributed by atoms with Crippen molar-refractivity contribution >= 4 is 21.6 Å². The first-order chi connectivity index (χ1) is 15.3. The molecule has 0 radical (unpaired) electrons. The Morgan fingerprint density at radius 1 is 0.906 bits per heavy atom. The zero-order chi connectivity index (χ0) is 22.8. The number of benzene rings is 2. The van der Waals surface area contributed by atoms with Crippen molar-refractivity contribution in [3.8, 4) is 0 Å². The van der Waals surface area contributed by atoms with Crippen molar-refractivity contribution in [1.29, 1.82) is 0 Å². The Balaban J connectivity index is 0.000000444. The number of Topliss-reactive ketones (excluding diaryl/α,β-unsaturated/α-hetero) is 1. The fourth-order valence-electron chi connectivity index (χ4n) is 5.64. The van der Waals surface area contributed by atoms with Crippen LogP contribution in [-0.4, -0.2) is 62.1 Å². The van der Waals surface area contributed by atoms with Crippen LogP contribution in [0.4, 0.5) is 5.69 Å². The minimum Gasteiger partial charge on any atom is -0.369 e. The van der Waals surface area contributed by atoms with Crippen LogP contribution in [0.25, 0.3) is 0 Å². The Morgan fingerprint density at radius 3 is 2.09 bits per heavy atom. The zero-order valence-electron chi connectivity index (χ0n) is 18.6. The molecule has 7 heteroatoms. The van der Waals surface area contributed by atoms with E-state index in [-0.39, 0.29) is 5.41 Å². The third kappa shape index (κ3) is 5.22. The summed E-state index contributed by atoms with van der Waals surface area (Å²) in [4.78, 5) is 17.7. The summed E-state index contributed by atoms with van der Waals surface area (Å²) in [5.41, 5.74) is 3.81. The molecule has 1 N–H and O–H groups in total. The van der Waals surface area contributed by atoms with E-state index in [1.54, 1.807) is 0 Å². The van der Waals surface area contributed by atoms with Crippen LogP contribution >= 0.6 is 0 Å². The van der Waals surface area contributed by atoms with Gasteiger partial charge in [0.1, 0.15) is 0 Å². The minimum absolute atomic E-state index is 0.135. The second kappa shape index (κ2) is 9.33. The fraction of sp³-hybridized carbons (Fsp3) is 0.480. The van der Waals surface area contributed by atoms with Crippen molar-refractivity contribution in [2.24, 2.45) is 0 Å². The highest BCUT2D eigenvalue weighted by Gasteiger charge is 2.45. The maximum atomic E-state index is 12.5. The Labute approximate surface area is 191 Å². The number of hydrogen-bond acceptors (Lipinski definition) is 5. The lowest BCUT2D eigenvalue weighted by Gasteiger charge is -2.45. The van der Waals surface area contributed by atoms with E-state index in [9.17, 15) is 13.2 Å². The van der Waals surface area contributed by atoms with E-state index in [2.05, 4.69) is 52.3 Å². The summed E-state index contributed by atoms with van der Waals surface area (Å²) in [6.45, 7) is 4.55. The van der Waals surface area contributed by atoms with Gasteiger partial charge in [0.05, 0.1) is 6.26 Å². The third-order valence-electron chi connectivity index (χ3n) is 7.16. The van der Waals surface area contributed by atoms with Crippen LogP contribution in [0.1, 0.15) is 48.0 Å². The summed E-state index contributed by atoms with van der Waals surface area (Å²) in [6, 6.07) is 19.8. The molecular formula is C25H32N2O4S. The number of hydrogen-bond donors (Lipinski definition) is 1. The topological polar surface area (TPSA) is 77.9 Å². The first-order valence-electron chi connectivity index (χ1n) is 11.3. The monoisotopic (exact) mass is 456 g/mol. The highest BCUT2D eigenvalue weighted by atomic mass is 32.2. The lowest BCUT2D eigenvalue weighted by atomic mass is 9.68. The molecule has 0 bridgehead atoms. The van der Waals surface area contributed by atoms with Crippen molar-refractivity contribution < 1.29 is 17.8 Å². The summed E-state index contributed by atoms with van der Waals surface area (Å²) in [5, 5.41) is 0. The number of carbonyl (C=O) groups is 1. The molecule has 2 aliphatic carbocycles. The van der Waals surface area contributed by atoms with E-state index in [4.69, 9.17) is 4.55 Å². The van der Waals surface area contributed by atoms with Gasteiger partial charge in [0, 0.05) is 55.3 Å². The largest absolute Gasteiger partial charge is 0.369 e. The molecule has 6 nitrogen and oxygen atoms in total. The second-order valence-electron chi connectivity index (χ2n) is 9.25. The van der Waals surface area contributed by atoms with Crippen LogP contribution in [0.5, 0.6) is 0 Å². The molecule has 5 rings (SSSR count). The molecule has 3 aliphatic rings. The van der Waals surface area contributed by atoms with Crippen LogP contribution < -0.4 is 4.90 Å². The number of fused-ring (bicyclic) bond motifs is 2. The van der Waals surface area contributed by atoms with Gasteiger partial charge in [-0.3, -0.25) is 14.2 Å². The Hall–Kier alpha value is -2.22. The molecule has 1 saturated heterocycles. The van der Waals surface area contributed by atoms with Gasteiger partial charge in [-0.15, -0.1) is 0 Å². The van der Waals surface area contributed by atoms with Gasteiger partial charge >= 0.3 is 0 Å². The second-order valence-corrected chi connectivity index (χ2v) is 10.7. The van der Waals surface area contributed by atoms with E-state index in [0.717, 1.165) is 38.2 Å². The predicted octanol–water partition coefficient (Wildman–Crippen LogP) is 3.78. The average molecular weight is 457 g/mol. The van der Waals surface area contributed by atoms with E-state index in [1.807, 2.05) is 12.1 Å². The summed E-state index contributed by atoms with van der Waals surface area (Å²) in [6.07, 6.45) is 6.24. The normalized spacial score (nSPS) is 25.9. The average Bonchev–Trinajstić information content (AvgIpc) is 3.05. The van der Waals surface area contributed by atoms with Crippen LogP contribution in [0.2, 0.25) is 0 Å². The molecular weight excluding hydrogens is 424 g/mol. The van der Waals surface area contributed by atoms with Gasteiger partial charge in [-0.2, -0.15) is 8.42 Å². The molecule has 2 fully saturated rings. The van der Waals surface area contributed by atoms with Crippen molar-refractivity contribution in [1.82, 2.24) is 4.90 Å². The predicted molar refractivity (Wildman–Crippen MR) is 127 cm³/mol. The fourth-order valence-corrected chi connectivity index (χ4v) is 5.64. The van der Waals surface area contributed by atoms with Gasteiger partial charge in [-0.25, -0.2) is 0 Å². The van der Waals surface area contributed by atoms with Gasteiger partial charge in [0.25, 0.3) is 10.1 Å². The maximum Gasteiger partial charge on any atom is 0.261 e. The van der Waals surface area contributed by atoms with E-state index in [0.29, 0.717) is 18.1 Å². The molecule has 2 aromatic carbocycles. The number of anilines is 1. The molecule has 1 heterocycles. The van der Waals surface area contributed by atoms with Gasteiger partial charge in [0.15, 0.2) is 5.78 Å². The Bertz CT molecular complexity index is 1030. The van der Waals surface area contributed by atoms with E-state index in [1.165, 1.54) is 36.9 Å². The van der Waals surface area contributed by atoms with E-state index >= 15 is 0 Å². The highest BCUT2D eigenvalue weighted by Crippen LogP contribution is 2.49. The molecule has 0 unspecified atom stereocenters. The third-order valence-corrected chi connectivity index (χ3v) is 7.16. The van der Waals surface area contributed by atoms with E-state index < -0.39 is 10.1 Å². The number of para-hydroxylation sites is 1. The highest BCUT2D eigenvalue weighted by molar-refractivity contribution is 7.85. The molecule has 2 aromatic rings. The smallest absolute Gasteiger partial charge is 0.261 e. The lowest BCUT2D eigenvalue weighted by Crippen LogP contribution is -2.52.